The van der Waals surface area contributed by atoms with Crippen molar-refractivity contribution in [1.29, 1.82) is 0 Å². The Labute approximate surface area is 80.4 Å². The van der Waals surface area contributed by atoms with Gasteiger partial charge in [-0.25, -0.2) is 4.63 Å². The molecule has 0 radical (unpaired) electrons. The lowest BCUT2D eigenvalue weighted by atomic mass is 10.9. The highest BCUT2D eigenvalue weighted by Crippen LogP contribution is 2.14. The molecule has 0 fully saturated rings. The van der Waals surface area contributed by atoms with E-state index in [2.05, 4.69) is 46.4 Å². The Morgan fingerprint density at radius 1 is 1.27 bits per heavy atom. The zero-order chi connectivity index (χ0) is 10.1. The molecule has 0 spiro atoms. The van der Waals surface area contributed by atoms with E-state index in [0.29, 0.717) is 0 Å². The largest absolute Gasteiger partial charge is 0.370 e. The maximum absolute atomic E-state index is 4.72. The first-order valence-corrected chi connectivity index (χ1v) is 3.63. The molecule has 12 heteroatoms. The summed E-state index contributed by atoms with van der Waals surface area (Å²) < 4.78 is 9.06. The van der Waals surface area contributed by atoms with Gasteiger partial charge in [0.05, 0.1) is 10.5 Å². The molecule has 0 bridgehead atoms. The number of aromatic nitrogens is 6. The number of nitrogens with one attached hydrogen (secondary N) is 1. The van der Waals surface area contributed by atoms with Crippen molar-refractivity contribution in [2.24, 2.45) is 5.10 Å². The minimum Gasteiger partial charge on any atom is -0.293 e. The zero-order valence-corrected chi connectivity index (χ0v) is 6.92. The average molecular weight is 210 g/mol. The summed E-state index contributed by atoms with van der Waals surface area (Å²) in [5.74, 6) is 0.130. The van der Waals surface area contributed by atoms with Crippen LogP contribution in [0.5, 0.6) is 0 Å². The first kappa shape index (κ1) is 7.60. The van der Waals surface area contributed by atoms with Crippen LogP contribution in [-0.2, 0) is 0 Å². The first-order valence-electron chi connectivity index (χ1n) is 3.63. The number of hydrogen-bond donors (Lipinski definition) is 1. The molecule has 3 heterocycles. The van der Waals surface area contributed by atoms with Gasteiger partial charge in [-0.3, -0.25) is 4.52 Å². The Hall–Kier alpha value is -2.79. The Kier molecular flexibility index (Phi) is 1.45. The van der Waals surface area contributed by atoms with Crippen molar-refractivity contribution in [3.63, 3.8) is 0 Å². The lowest BCUT2D eigenvalue weighted by Crippen LogP contribution is -2.44. The Morgan fingerprint density at radius 2 is 2.27 bits per heavy atom. The fraction of sp³-hybridized carbons (Fsp3) is 0. The average Bonchev–Trinajstić information content (AvgIpc) is 3.01. The van der Waals surface area contributed by atoms with E-state index in [9.17, 15) is 0 Å². The summed E-state index contributed by atoms with van der Waals surface area (Å²) >= 11 is 0. The van der Waals surface area contributed by atoms with Crippen LogP contribution in [0.4, 0.5) is 12.0 Å². The van der Waals surface area contributed by atoms with Crippen molar-refractivity contribution in [2.75, 3.05) is 10.1 Å². The highest BCUT2D eigenvalue weighted by Gasteiger charge is 2.27. The molecule has 15 heavy (non-hydrogen) atoms. The lowest BCUT2D eigenvalue weighted by Gasteiger charge is -2.18. The van der Waals surface area contributed by atoms with Crippen LogP contribution in [-0.4, -0.2) is 37.4 Å². The molecule has 0 amide bonds. The smallest absolute Gasteiger partial charge is 0.293 e. The molecule has 2 aromatic heterocycles. The van der Waals surface area contributed by atoms with Crippen LogP contribution in [0.2, 0.25) is 0 Å². The van der Waals surface area contributed by atoms with Gasteiger partial charge in [0.15, 0.2) is 0 Å². The summed E-state index contributed by atoms with van der Waals surface area (Å²) in [6, 6.07) is 0.0913. The summed E-state index contributed by atoms with van der Waals surface area (Å²) in [4.78, 5) is 0. The van der Waals surface area contributed by atoms with E-state index in [1.807, 2.05) is 0 Å². The number of hydrazine groups is 2. The molecule has 1 aliphatic heterocycles. The van der Waals surface area contributed by atoms with E-state index >= 15 is 0 Å². The molecule has 0 aliphatic carbocycles. The van der Waals surface area contributed by atoms with Gasteiger partial charge in [0.1, 0.15) is 6.34 Å². The summed E-state index contributed by atoms with van der Waals surface area (Å²) in [6.07, 6.45) is 1.37. The highest BCUT2D eigenvalue weighted by molar-refractivity contribution is 5.79. The van der Waals surface area contributed by atoms with Crippen LogP contribution in [0.3, 0.4) is 0 Å². The van der Waals surface area contributed by atoms with Crippen molar-refractivity contribution in [2.45, 2.75) is 0 Å². The summed E-state index contributed by atoms with van der Waals surface area (Å²) in [6.45, 7) is 0. The normalized spacial score (nSPS) is 14.7. The summed E-state index contributed by atoms with van der Waals surface area (Å²) in [7, 11) is 0. The first-order chi connectivity index (χ1) is 7.45. The highest BCUT2D eigenvalue weighted by atomic mass is 16.6. The zero-order valence-electron chi connectivity index (χ0n) is 6.92. The second kappa shape index (κ2) is 2.86. The molecule has 0 unspecified atom stereocenters. The lowest BCUT2D eigenvalue weighted by molar-refractivity contribution is 0.292. The van der Waals surface area contributed by atoms with Crippen molar-refractivity contribution >= 4 is 18.3 Å². The van der Waals surface area contributed by atoms with Crippen LogP contribution in [0.1, 0.15) is 0 Å². The van der Waals surface area contributed by atoms with Gasteiger partial charge in [0.2, 0.25) is 0 Å². The third-order valence-corrected chi connectivity index (χ3v) is 1.50. The second-order valence-corrected chi connectivity index (χ2v) is 2.30. The van der Waals surface area contributed by atoms with Gasteiger partial charge in [-0.2, -0.15) is 10.5 Å². The third kappa shape index (κ3) is 1.11. The molecular formula is C3H2N10O2. The summed E-state index contributed by atoms with van der Waals surface area (Å²) in [5.41, 5.74) is 2.55. The quantitative estimate of drug-likeness (QED) is 0.585. The topological polar surface area (TPSA) is 134 Å². The Bertz CT molecular complexity index is 447. The maximum Gasteiger partial charge on any atom is 0.370 e. The van der Waals surface area contributed by atoms with Crippen molar-refractivity contribution in [3.8, 4) is 0 Å². The van der Waals surface area contributed by atoms with E-state index < -0.39 is 0 Å². The summed E-state index contributed by atoms with van der Waals surface area (Å²) in [5, 5.41) is 26.6. The number of anilines is 2. The third-order valence-electron chi connectivity index (χ3n) is 1.50. The fourth-order valence-corrected chi connectivity index (χ4v) is 0.937. The number of hydrogen-bond acceptors (Lipinski definition) is 12. The Balaban J connectivity index is 1.92. The fourth-order valence-electron chi connectivity index (χ4n) is 0.937. The van der Waals surface area contributed by atoms with Gasteiger partial charge in [0, 0.05) is 0 Å². The molecule has 1 aliphatic rings. The second-order valence-electron chi connectivity index (χ2n) is 2.30. The SMILES string of the molecule is C1=NNN(c2nnon2)N1c1nnno1. The van der Waals surface area contributed by atoms with E-state index in [1.165, 1.54) is 16.5 Å². The predicted octanol–water partition coefficient (Wildman–Crippen LogP) is -2.07. The van der Waals surface area contributed by atoms with E-state index in [0.717, 1.165) is 0 Å². The molecule has 0 atom stereocenters. The van der Waals surface area contributed by atoms with Crippen LogP contribution < -0.4 is 15.7 Å². The van der Waals surface area contributed by atoms with E-state index in [-0.39, 0.29) is 12.0 Å². The molecule has 1 N–H and O–H groups in total. The van der Waals surface area contributed by atoms with Crippen molar-refractivity contribution in [3.05, 3.63) is 0 Å². The van der Waals surface area contributed by atoms with Gasteiger partial charge < -0.3 is 0 Å². The number of rotatable bonds is 2. The van der Waals surface area contributed by atoms with Gasteiger partial charge in [-0.1, -0.05) is 10.2 Å². The molecular weight excluding hydrogens is 208 g/mol. The molecule has 2 aromatic rings. The standard InChI is InChI=1S/C3H2N10O2/c1-4-9-13(2-5-10-15-7-2)12(1)3-6-8-11-14-3/h1,9H. The predicted molar refractivity (Wildman–Crippen MR) is 40.8 cm³/mol. The molecule has 0 aromatic carbocycles. The van der Waals surface area contributed by atoms with Crippen LogP contribution in [0.15, 0.2) is 14.3 Å². The Morgan fingerprint density at radius 3 is 3.00 bits per heavy atom. The van der Waals surface area contributed by atoms with Gasteiger partial charge >= 0.3 is 12.0 Å². The minimum absolute atomic E-state index is 0.0913. The van der Waals surface area contributed by atoms with Gasteiger partial charge in [-0.05, 0) is 10.4 Å². The van der Waals surface area contributed by atoms with Crippen molar-refractivity contribution in [1.82, 2.24) is 36.6 Å². The van der Waals surface area contributed by atoms with Crippen LogP contribution in [0, 0.1) is 0 Å². The molecule has 0 saturated carbocycles. The van der Waals surface area contributed by atoms with Crippen LogP contribution in [0.25, 0.3) is 0 Å². The minimum atomic E-state index is 0.0913. The van der Waals surface area contributed by atoms with E-state index in [1.54, 1.807) is 0 Å². The van der Waals surface area contributed by atoms with Gasteiger partial charge in [-0.15, -0.1) is 10.2 Å². The molecule has 0 saturated heterocycles. The van der Waals surface area contributed by atoms with Gasteiger partial charge in [0.25, 0.3) is 0 Å². The molecule has 3 rings (SSSR count). The molecule has 12 nitrogen and oxygen atoms in total. The monoisotopic (exact) mass is 210 g/mol. The van der Waals surface area contributed by atoms with E-state index in [4.69, 9.17) is 4.52 Å². The number of nitrogens with zero attached hydrogens (tertiary/aromatic N) is 9. The maximum atomic E-state index is 4.72. The van der Waals surface area contributed by atoms with Crippen molar-refractivity contribution < 1.29 is 9.15 Å². The number of hydrazone groups is 1. The molecule has 76 valence electrons. The van der Waals surface area contributed by atoms with Crippen LogP contribution >= 0.6 is 0 Å².